The van der Waals surface area contributed by atoms with E-state index >= 15 is 0 Å². The minimum atomic E-state index is -0.345. The van der Waals surface area contributed by atoms with Gasteiger partial charge in [0.2, 0.25) is 0 Å². The van der Waals surface area contributed by atoms with Gasteiger partial charge in [0, 0.05) is 16.8 Å². The van der Waals surface area contributed by atoms with Gasteiger partial charge in [0.15, 0.2) is 0 Å². The summed E-state index contributed by atoms with van der Waals surface area (Å²) in [6.45, 7) is 6.71. The lowest BCUT2D eigenvalue weighted by Gasteiger charge is -2.14. The molecule has 1 N–H and O–H groups in total. The van der Waals surface area contributed by atoms with E-state index in [4.69, 9.17) is 9.47 Å². The Labute approximate surface area is 141 Å². The Morgan fingerprint density at radius 1 is 1.17 bits per heavy atom. The van der Waals surface area contributed by atoms with Crippen molar-refractivity contribution in [3.8, 4) is 5.75 Å². The van der Waals surface area contributed by atoms with E-state index in [9.17, 15) is 9.18 Å². The summed E-state index contributed by atoms with van der Waals surface area (Å²) >= 11 is 0. The van der Waals surface area contributed by atoms with Crippen LogP contribution in [0.25, 0.3) is 0 Å². The summed E-state index contributed by atoms with van der Waals surface area (Å²) < 4.78 is 24.1. The lowest BCUT2D eigenvalue weighted by Crippen LogP contribution is -2.13. The molecule has 0 aliphatic heterocycles. The smallest absolute Gasteiger partial charge is 0.255 e. The summed E-state index contributed by atoms with van der Waals surface area (Å²) in [7, 11) is 0. The van der Waals surface area contributed by atoms with Crippen LogP contribution < -0.4 is 10.1 Å². The Kier molecular flexibility index (Phi) is 6.32. The van der Waals surface area contributed by atoms with Crippen molar-refractivity contribution in [3.05, 3.63) is 59.4 Å². The Hall–Kier alpha value is -2.40. The van der Waals surface area contributed by atoms with Gasteiger partial charge in [0.05, 0.1) is 19.3 Å². The van der Waals surface area contributed by atoms with Crippen molar-refractivity contribution in [1.82, 2.24) is 0 Å². The Balaban J connectivity index is 2.17. The van der Waals surface area contributed by atoms with Crippen molar-refractivity contribution in [2.75, 3.05) is 11.9 Å². The van der Waals surface area contributed by atoms with Crippen LogP contribution in [0.3, 0.4) is 0 Å². The molecule has 0 heterocycles. The molecule has 128 valence electrons. The van der Waals surface area contributed by atoms with E-state index in [-0.39, 0.29) is 17.8 Å². The van der Waals surface area contributed by atoms with Gasteiger partial charge in [-0.3, -0.25) is 4.79 Å². The number of nitrogens with one attached hydrogen (secondary N) is 1. The third-order valence-electron chi connectivity index (χ3n) is 3.30. The van der Waals surface area contributed by atoms with Gasteiger partial charge < -0.3 is 14.8 Å². The number of halogens is 1. The minimum Gasteiger partial charge on any atom is -0.494 e. The highest BCUT2D eigenvalue weighted by atomic mass is 19.1. The molecular weight excluding hydrogens is 309 g/mol. The number of carbonyl (C=O) groups excluding carboxylic acids is 1. The number of carbonyl (C=O) groups is 1. The summed E-state index contributed by atoms with van der Waals surface area (Å²) in [5.41, 5.74) is 1.85. The third-order valence-corrected chi connectivity index (χ3v) is 3.30. The van der Waals surface area contributed by atoms with Crippen LogP contribution in [0.15, 0.2) is 42.5 Å². The molecule has 5 heteroatoms. The molecule has 0 spiro atoms. The summed E-state index contributed by atoms with van der Waals surface area (Å²) in [6.07, 6.45) is 0.0798. The second-order valence-electron chi connectivity index (χ2n) is 5.58. The molecule has 2 aromatic rings. The van der Waals surface area contributed by atoms with Crippen molar-refractivity contribution in [1.29, 1.82) is 0 Å². The van der Waals surface area contributed by atoms with Crippen LogP contribution >= 0.6 is 0 Å². The largest absolute Gasteiger partial charge is 0.494 e. The maximum absolute atomic E-state index is 12.9. The highest BCUT2D eigenvalue weighted by Gasteiger charge is 2.12. The number of benzene rings is 2. The maximum atomic E-state index is 12.9. The van der Waals surface area contributed by atoms with E-state index < -0.39 is 0 Å². The highest BCUT2D eigenvalue weighted by Crippen LogP contribution is 2.22. The van der Waals surface area contributed by atoms with Crippen molar-refractivity contribution in [2.24, 2.45) is 0 Å². The standard InChI is InChI=1S/C19H22FNO3/c1-4-23-18-10-5-14(11-15(18)12-24-13(2)3)19(22)21-17-8-6-16(20)7-9-17/h5-11,13H,4,12H2,1-3H3,(H,21,22). The predicted molar refractivity (Wildman–Crippen MR) is 91.9 cm³/mol. The van der Waals surface area contributed by atoms with Crippen molar-refractivity contribution in [2.45, 2.75) is 33.5 Å². The first-order valence-corrected chi connectivity index (χ1v) is 7.94. The fraction of sp³-hybridized carbons (Fsp3) is 0.316. The Bertz CT molecular complexity index is 684. The molecule has 1 amide bonds. The van der Waals surface area contributed by atoms with E-state index in [1.54, 1.807) is 18.2 Å². The summed E-state index contributed by atoms with van der Waals surface area (Å²) in [5, 5.41) is 2.74. The highest BCUT2D eigenvalue weighted by molar-refractivity contribution is 6.04. The zero-order valence-electron chi connectivity index (χ0n) is 14.1. The molecule has 0 aromatic heterocycles. The van der Waals surface area contributed by atoms with Gasteiger partial charge in [-0.2, -0.15) is 0 Å². The van der Waals surface area contributed by atoms with Gasteiger partial charge in [-0.15, -0.1) is 0 Å². The topological polar surface area (TPSA) is 47.6 Å². The molecule has 0 radical (unpaired) electrons. The molecular formula is C19H22FNO3. The SMILES string of the molecule is CCOc1ccc(C(=O)Nc2ccc(F)cc2)cc1COC(C)C. The molecule has 24 heavy (non-hydrogen) atoms. The molecule has 2 aromatic carbocycles. The number of rotatable bonds is 7. The first-order valence-electron chi connectivity index (χ1n) is 7.94. The van der Waals surface area contributed by atoms with Crippen molar-refractivity contribution >= 4 is 11.6 Å². The summed E-state index contributed by atoms with van der Waals surface area (Å²) in [5.74, 6) is 0.0918. The molecule has 0 aliphatic carbocycles. The van der Waals surface area contributed by atoms with Crippen LogP contribution in [0, 0.1) is 5.82 Å². The van der Waals surface area contributed by atoms with E-state index in [2.05, 4.69) is 5.32 Å². The molecule has 0 aliphatic rings. The van der Waals surface area contributed by atoms with E-state index in [0.29, 0.717) is 30.2 Å². The van der Waals surface area contributed by atoms with Crippen LogP contribution in [0.2, 0.25) is 0 Å². The van der Waals surface area contributed by atoms with Gasteiger partial charge in [0.1, 0.15) is 11.6 Å². The predicted octanol–water partition coefficient (Wildman–Crippen LogP) is 4.40. The quantitative estimate of drug-likeness (QED) is 0.818. The lowest BCUT2D eigenvalue weighted by atomic mass is 10.1. The summed E-state index contributed by atoms with van der Waals surface area (Å²) in [4.78, 5) is 12.4. The molecule has 0 fully saturated rings. The van der Waals surface area contributed by atoms with E-state index in [0.717, 1.165) is 5.56 Å². The van der Waals surface area contributed by atoms with Crippen molar-refractivity contribution in [3.63, 3.8) is 0 Å². The zero-order chi connectivity index (χ0) is 17.5. The molecule has 2 rings (SSSR count). The fourth-order valence-corrected chi connectivity index (χ4v) is 2.12. The van der Waals surface area contributed by atoms with Gasteiger partial charge >= 0.3 is 0 Å². The molecule has 0 atom stereocenters. The van der Waals surface area contributed by atoms with E-state index in [1.807, 2.05) is 20.8 Å². The maximum Gasteiger partial charge on any atom is 0.255 e. The van der Waals surface area contributed by atoms with Gasteiger partial charge in [-0.05, 0) is 63.2 Å². The monoisotopic (exact) mass is 331 g/mol. The number of ether oxygens (including phenoxy) is 2. The molecule has 0 bridgehead atoms. The molecule has 0 saturated carbocycles. The average Bonchev–Trinajstić information content (AvgIpc) is 2.56. The number of amides is 1. The first kappa shape index (κ1) is 17.9. The first-order chi connectivity index (χ1) is 11.5. The summed E-state index contributed by atoms with van der Waals surface area (Å²) in [6, 6.07) is 10.9. The van der Waals surface area contributed by atoms with E-state index in [1.165, 1.54) is 24.3 Å². The fourth-order valence-electron chi connectivity index (χ4n) is 2.12. The molecule has 0 saturated heterocycles. The second kappa shape index (κ2) is 8.45. The van der Waals surface area contributed by atoms with Crippen LogP contribution in [-0.4, -0.2) is 18.6 Å². The van der Waals surface area contributed by atoms with Crippen molar-refractivity contribution < 1.29 is 18.7 Å². The normalized spacial score (nSPS) is 10.7. The lowest BCUT2D eigenvalue weighted by molar-refractivity contribution is 0.0641. The second-order valence-corrected chi connectivity index (χ2v) is 5.58. The molecule has 0 unspecified atom stereocenters. The Morgan fingerprint density at radius 3 is 2.50 bits per heavy atom. The van der Waals surface area contributed by atoms with Crippen LogP contribution in [0.5, 0.6) is 5.75 Å². The average molecular weight is 331 g/mol. The Morgan fingerprint density at radius 2 is 1.88 bits per heavy atom. The number of hydrogen-bond acceptors (Lipinski definition) is 3. The van der Waals surface area contributed by atoms with Crippen LogP contribution in [-0.2, 0) is 11.3 Å². The van der Waals surface area contributed by atoms with Crippen LogP contribution in [0.4, 0.5) is 10.1 Å². The van der Waals surface area contributed by atoms with Crippen LogP contribution in [0.1, 0.15) is 36.7 Å². The molecule has 4 nitrogen and oxygen atoms in total. The third kappa shape index (κ3) is 5.06. The van der Waals surface area contributed by atoms with Gasteiger partial charge in [-0.1, -0.05) is 0 Å². The number of hydrogen-bond donors (Lipinski definition) is 1. The van der Waals surface area contributed by atoms with Gasteiger partial charge in [0.25, 0.3) is 5.91 Å². The van der Waals surface area contributed by atoms with Gasteiger partial charge in [-0.25, -0.2) is 4.39 Å². The minimum absolute atomic E-state index is 0.0798. The number of anilines is 1. The zero-order valence-corrected chi connectivity index (χ0v) is 14.1.